The summed E-state index contributed by atoms with van der Waals surface area (Å²) in [5, 5.41) is 0. The van der Waals surface area contributed by atoms with Gasteiger partial charge in [0.2, 0.25) is 0 Å². The van der Waals surface area contributed by atoms with Gasteiger partial charge in [-0.1, -0.05) is 18.9 Å². The van der Waals surface area contributed by atoms with Gasteiger partial charge in [0, 0.05) is 19.1 Å². The highest BCUT2D eigenvalue weighted by atomic mass is 19.1. The predicted octanol–water partition coefficient (Wildman–Crippen LogP) is 3.44. The largest absolute Gasteiger partial charge is 0.326 e. The molecule has 0 bridgehead atoms. The fourth-order valence-corrected chi connectivity index (χ4v) is 4.09. The highest BCUT2D eigenvalue weighted by molar-refractivity contribution is 5.24. The molecule has 3 rings (SSSR count). The Labute approximate surface area is 121 Å². The standard InChI is InChI=1S/C17H25FN2/c18-16-9-13(11-19)8-14(10-16)12-20-7-3-5-15-4-1-2-6-17(15)20/h8-10,15,17H,1-7,11-12,19H2/t15-,17-/m1/s1. The Bertz CT molecular complexity index is 458. The molecule has 0 amide bonds. The van der Waals surface area contributed by atoms with E-state index in [-0.39, 0.29) is 5.82 Å². The van der Waals surface area contributed by atoms with Crippen molar-refractivity contribution >= 4 is 0 Å². The van der Waals surface area contributed by atoms with Crippen LogP contribution in [0.4, 0.5) is 4.39 Å². The van der Waals surface area contributed by atoms with Gasteiger partial charge in [0.1, 0.15) is 5.82 Å². The molecule has 0 unspecified atom stereocenters. The Morgan fingerprint density at radius 1 is 1.05 bits per heavy atom. The number of halogens is 1. The van der Waals surface area contributed by atoms with E-state index in [1.54, 1.807) is 12.1 Å². The fraction of sp³-hybridized carbons (Fsp3) is 0.647. The van der Waals surface area contributed by atoms with Gasteiger partial charge >= 0.3 is 0 Å². The first kappa shape index (κ1) is 14.0. The van der Waals surface area contributed by atoms with Gasteiger partial charge in [0.15, 0.2) is 0 Å². The van der Waals surface area contributed by atoms with Crippen molar-refractivity contribution in [2.45, 2.75) is 57.7 Å². The van der Waals surface area contributed by atoms with Crippen molar-refractivity contribution < 1.29 is 4.39 Å². The van der Waals surface area contributed by atoms with Crippen LogP contribution >= 0.6 is 0 Å². The Morgan fingerprint density at radius 2 is 1.80 bits per heavy atom. The Kier molecular flexibility index (Phi) is 4.37. The van der Waals surface area contributed by atoms with Crippen LogP contribution in [-0.2, 0) is 13.1 Å². The molecule has 0 aromatic heterocycles. The van der Waals surface area contributed by atoms with Crippen LogP contribution in [0.15, 0.2) is 18.2 Å². The zero-order valence-electron chi connectivity index (χ0n) is 12.2. The third-order valence-electron chi connectivity index (χ3n) is 5.00. The molecule has 3 heteroatoms. The van der Waals surface area contributed by atoms with Crippen LogP contribution in [-0.4, -0.2) is 17.5 Å². The lowest BCUT2D eigenvalue weighted by molar-refractivity contribution is 0.0546. The van der Waals surface area contributed by atoms with Crippen LogP contribution in [0.2, 0.25) is 0 Å². The molecule has 2 N–H and O–H groups in total. The summed E-state index contributed by atoms with van der Waals surface area (Å²) in [4.78, 5) is 2.59. The number of benzene rings is 1. The van der Waals surface area contributed by atoms with E-state index in [1.807, 2.05) is 0 Å². The minimum atomic E-state index is -0.153. The van der Waals surface area contributed by atoms with Crippen molar-refractivity contribution in [1.82, 2.24) is 4.90 Å². The second kappa shape index (κ2) is 6.23. The summed E-state index contributed by atoms with van der Waals surface area (Å²) < 4.78 is 13.6. The number of hydrogen-bond acceptors (Lipinski definition) is 2. The first-order chi connectivity index (χ1) is 9.76. The Hall–Kier alpha value is -0.930. The van der Waals surface area contributed by atoms with E-state index in [1.165, 1.54) is 38.5 Å². The van der Waals surface area contributed by atoms with Gasteiger partial charge < -0.3 is 5.73 Å². The lowest BCUT2D eigenvalue weighted by Gasteiger charge is -2.44. The number of hydrogen-bond donors (Lipinski definition) is 1. The van der Waals surface area contributed by atoms with Crippen molar-refractivity contribution in [2.24, 2.45) is 11.7 Å². The first-order valence-corrected chi connectivity index (χ1v) is 7.99. The molecule has 1 saturated carbocycles. The van der Waals surface area contributed by atoms with Gasteiger partial charge in [-0.2, -0.15) is 0 Å². The lowest BCUT2D eigenvalue weighted by atomic mass is 9.78. The van der Waals surface area contributed by atoms with E-state index in [9.17, 15) is 4.39 Å². The molecule has 2 nitrogen and oxygen atoms in total. The second-order valence-corrected chi connectivity index (χ2v) is 6.40. The normalized spacial score (nSPS) is 27.3. The van der Waals surface area contributed by atoms with Crippen LogP contribution in [0.25, 0.3) is 0 Å². The van der Waals surface area contributed by atoms with Crippen molar-refractivity contribution in [3.05, 3.63) is 35.1 Å². The van der Waals surface area contributed by atoms with Crippen LogP contribution < -0.4 is 5.73 Å². The van der Waals surface area contributed by atoms with Crippen molar-refractivity contribution in [1.29, 1.82) is 0 Å². The van der Waals surface area contributed by atoms with Crippen LogP contribution in [0, 0.1) is 11.7 Å². The van der Waals surface area contributed by atoms with E-state index < -0.39 is 0 Å². The van der Waals surface area contributed by atoms with Crippen molar-refractivity contribution in [3.63, 3.8) is 0 Å². The number of nitrogens with two attached hydrogens (primary N) is 1. The van der Waals surface area contributed by atoms with Gasteiger partial charge in [0.25, 0.3) is 0 Å². The Balaban J connectivity index is 1.74. The minimum absolute atomic E-state index is 0.153. The van der Waals surface area contributed by atoms with E-state index in [0.29, 0.717) is 6.54 Å². The molecule has 1 aromatic rings. The summed E-state index contributed by atoms with van der Waals surface area (Å²) in [6, 6.07) is 6.01. The molecule has 1 aromatic carbocycles. The summed E-state index contributed by atoms with van der Waals surface area (Å²) in [7, 11) is 0. The summed E-state index contributed by atoms with van der Waals surface area (Å²) in [6.45, 7) is 2.46. The summed E-state index contributed by atoms with van der Waals surface area (Å²) in [5.74, 6) is 0.722. The lowest BCUT2D eigenvalue weighted by Crippen LogP contribution is -2.46. The van der Waals surface area contributed by atoms with Gasteiger partial charge in [-0.15, -0.1) is 0 Å². The van der Waals surface area contributed by atoms with E-state index in [4.69, 9.17) is 5.73 Å². The molecule has 2 aliphatic rings. The van der Waals surface area contributed by atoms with E-state index in [0.717, 1.165) is 36.2 Å². The third-order valence-corrected chi connectivity index (χ3v) is 5.00. The molecule has 1 saturated heterocycles. The van der Waals surface area contributed by atoms with Crippen molar-refractivity contribution in [3.8, 4) is 0 Å². The molecule has 0 spiro atoms. The maximum Gasteiger partial charge on any atom is 0.123 e. The molecular weight excluding hydrogens is 251 g/mol. The van der Waals surface area contributed by atoms with Gasteiger partial charge in [-0.25, -0.2) is 4.39 Å². The maximum absolute atomic E-state index is 13.6. The fourth-order valence-electron chi connectivity index (χ4n) is 4.09. The first-order valence-electron chi connectivity index (χ1n) is 7.99. The number of rotatable bonds is 3. The highest BCUT2D eigenvalue weighted by Crippen LogP contribution is 2.36. The SMILES string of the molecule is NCc1cc(F)cc(CN2CCC[C@H]3CCCC[C@H]32)c1. The molecule has 2 fully saturated rings. The number of piperidine rings is 1. The van der Waals surface area contributed by atoms with Gasteiger partial charge in [-0.3, -0.25) is 4.90 Å². The average Bonchev–Trinajstić information content (AvgIpc) is 2.47. The van der Waals surface area contributed by atoms with Gasteiger partial charge in [0.05, 0.1) is 0 Å². The summed E-state index contributed by atoms with van der Waals surface area (Å²) in [6.07, 6.45) is 8.14. The van der Waals surface area contributed by atoms with Crippen molar-refractivity contribution in [2.75, 3.05) is 6.54 Å². The maximum atomic E-state index is 13.6. The van der Waals surface area contributed by atoms with Crippen LogP contribution in [0.5, 0.6) is 0 Å². The minimum Gasteiger partial charge on any atom is -0.326 e. The van der Waals surface area contributed by atoms with Gasteiger partial charge in [-0.05, 0) is 61.4 Å². The molecule has 1 aliphatic heterocycles. The molecular formula is C17H25FN2. The zero-order chi connectivity index (χ0) is 13.9. The molecule has 0 radical (unpaired) electrons. The average molecular weight is 276 g/mol. The third kappa shape index (κ3) is 3.04. The summed E-state index contributed by atoms with van der Waals surface area (Å²) >= 11 is 0. The molecule has 20 heavy (non-hydrogen) atoms. The molecule has 110 valence electrons. The van der Waals surface area contributed by atoms with E-state index in [2.05, 4.69) is 11.0 Å². The zero-order valence-corrected chi connectivity index (χ0v) is 12.2. The quantitative estimate of drug-likeness (QED) is 0.916. The van der Waals surface area contributed by atoms with E-state index >= 15 is 0 Å². The highest BCUT2D eigenvalue weighted by Gasteiger charge is 2.32. The smallest absolute Gasteiger partial charge is 0.123 e. The summed E-state index contributed by atoms with van der Waals surface area (Å²) in [5.41, 5.74) is 7.63. The molecule has 1 aliphatic carbocycles. The topological polar surface area (TPSA) is 29.3 Å². The second-order valence-electron chi connectivity index (χ2n) is 6.40. The van der Waals surface area contributed by atoms with Crippen LogP contribution in [0.1, 0.15) is 49.7 Å². The number of nitrogens with zero attached hydrogens (tertiary/aromatic N) is 1. The molecule has 2 atom stereocenters. The Morgan fingerprint density at radius 3 is 2.65 bits per heavy atom. The predicted molar refractivity (Wildman–Crippen MR) is 79.7 cm³/mol. The monoisotopic (exact) mass is 276 g/mol. The number of fused-ring (bicyclic) bond motifs is 1. The molecule has 1 heterocycles. The number of likely N-dealkylation sites (tertiary alicyclic amines) is 1. The van der Waals surface area contributed by atoms with Crippen LogP contribution in [0.3, 0.4) is 0 Å².